The molecule has 7 heteroatoms. The smallest absolute Gasteiger partial charge is 0.256 e. The van der Waals surface area contributed by atoms with E-state index in [1.54, 1.807) is 23.5 Å². The highest BCUT2D eigenvalue weighted by Crippen LogP contribution is 2.39. The number of thiophene rings is 1. The Bertz CT molecular complexity index is 805. The predicted molar refractivity (Wildman–Crippen MR) is 93.8 cm³/mol. The molecule has 0 radical (unpaired) electrons. The van der Waals surface area contributed by atoms with E-state index in [0.29, 0.717) is 10.0 Å². The van der Waals surface area contributed by atoms with Crippen LogP contribution in [0.3, 0.4) is 0 Å². The number of carbonyl (C=O) groups is 1. The largest absolute Gasteiger partial charge is 0.353 e. The van der Waals surface area contributed by atoms with Crippen molar-refractivity contribution in [3.8, 4) is 0 Å². The van der Waals surface area contributed by atoms with Gasteiger partial charge in [-0.2, -0.15) is 0 Å². The Kier molecular flexibility index (Phi) is 3.76. The second kappa shape index (κ2) is 5.67. The zero-order valence-electron chi connectivity index (χ0n) is 12.5. The van der Waals surface area contributed by atoms with E-state index in [1.165, 1.54) is 15.3 Å². The lowest BCUT2D eigenvalue weighted by Crippen LogP contribution is -3.08. The number of anilines is 1. The number of amides is 1. The van der Waals surface area contributed by atoms with E-state index < -0.39 is 0 Å². The second-order valence-electron chi connectivity index (χ2n) is 6.07. The maximum absolute atomic E-state index is 12.6. The van der Waals surface area contributed by atoms with Crippen LogP contribution in [-0.4, -0.2) is 19.5 Å². The summed E-state index contributed by atoms with van der Waals surface area (Å²) < 4.78 is 0. The molecule has 0 bridgehead atoms. The van der Waals surface area contributed by atoms with Crippen molar-refractivity contribution < 1.29 is 9.69 Å². The number of rotatable bonds is 1. The molecule has 2 aliphatic rings. The van der Waals surface area contributed by atoms with E-state index in [1.807, 2.05) is 6.07 Å². The first-order chi connectivity index (χ1) is 11.0. The summed E-state index contributed by atoms with van der Waals surface area (Å²) in [6, 6.07) is 5.42. The van der Waals surface area contributed by atoms with E-state index in [9.17, 15) is 4.79 Å². The monoisotopic (exact) mass is 368 g/mol. The van der Waals surface area contributed by atoms with Crippen molar-refractivity contribution in [3.63, 3.8) is 0 Å². The molecule has 4 nitrogen and oxygen atoms in total. The molecule has 2 atom stereocenters. The Labute approximate surface area is 148 Å². The lowest BCUT2D eigenvalue weighted by Gasteiger charge is -2.27. The summed E-state index contributed by atoms with van der Waals surface area (Å²) in [5.41, 5.74) is 2.94. The van der Waals surface area contributed by atoms with Crippen LogP contribution in [0.1, 0.15) is 32.5 Å². The number of hydrogen-bond acceptors (Lipinski definition) is 3. The number of fused-ring (bicyclic) bond motifs is 3. The van der Waals surface area contributed by atoms with Gasteiger partial charge in [0.2, 0.25) is 0 Å². The number of quaternary nitrogens is 1. The Hall–Kier alpha value is -1.27. The molecule has 4 rings (SSSR count). The second-order valence-corrected chi connectivity index (χ2v) is 7.99. The third-order valence-electron chi connectivity index (χ3n) is 4.41. The molecule has 23 heavy (non-hydrogen) atoms. The summed E-state index contributed by atoms with van der Waals surface area (Å²) in [6.45, 7) is 2.05. The lowest BCUT2D eigenvalue weighted by molar-refractivity contribution is -0.895. The quantitative estimate of drug-likeness (QED) is 0.723. The highest BCUT2D eigenvalue weighted by atomic mass is 35.5. The highest BCUT2D eigenvalue weighted by molar-refractivity contribution is 7.16. The number of benzene rings is 1. The molecule has 120 valence electrons. The molecule has 0 aliphatic carbocycles. The summed E-state index contributed by atoms with van der Waals surface area (Å²) in [6.07, 6.45) is 0.675. The van der Waals surface area contributed by atoms with Gasteiger partial charge in [0.15, 0.2) is 0 Å². The van der Waals surface area contributed by atoms with Gasteiger partial charge < -0.3 is 15.5 Å². The van der Waals surface area contributed by atoms with Gasteiger partial charge in [-0.1, -0.05) is 29.3 Å². The molecule has 3 N–H and O–H groups in total. The first-order valence-electron chi connectivity index (χ1n) is 7.51. The Morgan fingerprint density at radius 3 is 2.87 bits per heavy atom. The maximum atomic E-state index is 12.6. The summed E-state index contributed by atoms with van der Waals surface area (Å²) >= 11 is 13.8. The summed E-state index contributed by atoms with van der Waals surface area (Å²) in [7, 11) is 2.19. The average molecular weight is 369 g/mol. The van der Waals surface area contributed by atoms with Gasteiger partial charge in [-0.05, 0) is 23.3 Å². The lowest BCUT2D eigenvalue weighted by atomic mass is 10.0. The summed E-state index contributed by atoms with van der Waals surface area (Å²) in [5, 5.41) is 8.43. The molecule has 0 fully saturated rings. The van der Waals surface area contributed by atoms with Crippen LogP contribution >= 0.6 is 34.5 Å². The van der Waals surface area contributed by atoms with Crippen LogP contribution in [0, 0.1) is 0 Å². The number of nitrogens with one attached hydrogen (secondary N) is 3. The fraction of sp³-hybridized carbons (Fsp3) is 0.312. The number of halogens is 2. The van der Waals surface area contributed by atoms with Crippen molar-refractivity contribution >= 4 is 45.4 Å². The minimum atomic E-state index is -0.282. The van der Waals surface area contributed by atoms with Crippen molar-refractivity contribution in [1.29, 1.82) is 0 Å². The number of likely N-dealkylation sites (N-methyl/N-ethyl adjacent to an activating group) is 1. The number of carbonyl (C=O) groups excluding carboxylic acids is 1. The van der Waals surface area contributed by atoms with Crippen LogP contribution in [0.25, 0.3) is 0 Å². The van der Waals surface area contributed by atoms with Crippen molar-refractivity contribution in [2.45, 2.75) is 19.1 Å². The Balaban J connectivity index is 1.70. The standard InChI is InChI=1S/C16H15Cl2N3OS/c1-21-5-4-9-12(7-21)23-16-13(9)15(22)19-14(20-16)8-2-3-10(17)11(18)6-8/h2-3,6,14,20H,4-5,7H2,1H3,(H,19,22)/p+1/t14-/m0/s1. The Morgan fingerprint density at radius 1 is 1.26 bits per heavy atom. The van der Waals surface area contributed by atoms with Gasteiger partial charge in [0.25, 0.3) is 5.91 Å². The minimum absolute atomic E-state index is 0.00752. The average Bonchev–Trinajstić information content (AvgIpc) is 2.87. The predicted octanol–water partition coefficient (Wildman–Crippen LogP) is 2.48. The third-order valence-corrected chi connectivity index (χ3v) is 6.31. The van der Waals surface area contributed by atoms with Gasteiger partial charge >= 0.3 is 0 Å². The van der Waals surface area contributed by atoms with Gasteiger partial charge in [0.05, 0.1) is 34.1 Å². The van der Waals surface area contributed by atoms with Crippen LogP contribution in [0.2, 0.25) is 10.0 Å². The summed E-state index contributed by atoms with van der Waals surface area (Å²) in [4.78, 5) is 15.4. The Morgan fingerprint density at radius 2 is 2.09 bits per heavy atom. The van der Waals surface area contributed by atoms with Crippen LogP contribution in [-0.2, 0) is 13.0 Å². The molecule has 0 spiro atoms. The van der Waals surface area contributed by atoms with E-state index >= 15 is 0 Å². The van der Waals surface area contributed by atoms with Gasteiger partial charge in [-0.25, -0.2) is 0 Å². The van der Waals surface area contributed by atoms with Crippen LogP contribution < -0.4 is 15.5 Å². The zero-order chi connectivity index (χ0) is 16.1. The molecule has 1 aromatic carbocycles. The third kappa shape index (κ3) is 2.62. The highest BCUT2D eigenvalue weighted by Gasteiger charge is 2.33. The van der Waals surface area contributed by atoms with Gasteiger partial charge in [-0.15, -0.1) is 11.3 Å². The van der Waals surface area contributed by atoms with Crippen LogP contribution in [0.4, 0.5) is 5.00 Å². The van der Waals surface area contributed by atoms with E-state index in [2.05, 4.69) is 17.7 Å². The fourth-order valence-electron chi connectivity index (χ4n) is 3.19. The maximum Gasteiger partial charge on any atom is 0.256 e. The first-order valence-corrected chi connectivity index (χ1v) is 9.08. The number of hydrogen-bond donors (Lipinski definition) is 3. The molecular weight excluding hydrogens is 353 g/mol. The topological polar surface area (TPSA) is 45.6 Å². The summed E-state index contributed by atoms with van der Waals surface area (Å²) in [5.74, 6) is -0.00752. The van der Waals surface area contributed by atoms with Crippen molar-refractivity contribution in [1.82, 2.24) is 5.32 Å². The van der Waals surface area contributed by atoms with E-state index in [-0.39, 0.29) is 12.1 Å². The van der Waals surface area contributed by atoms with Crippen molar-refractivity contribution in [2.75, 3.05) is 18.9 Å². The van der Waals surface area contributed by atoms with E-state index in [4.69, 9.17) is 23.2 Å². The molecule has 3 heterocycles. The van der Waals surface area contributed by atoms with E-state index in [0.717, 1.165) is 35.6 Å². The van der Waals surface area contributed by atoms with Crippen molar-refractivity contribution in [2.24, 2.45) is 0 Å². The van der Waals surface area contributed by atoms with Gasteiger partial charge in [0.1, 0.15) is 17.7 Å². The van der Waals surface area contributed by atoms with Crippen LogP contribution in [0.15, 0.2) is 18.2 Å². The molecule has 1 amide bonds. The zero-order valence-corrected chi connectivity index (χ0v) is 14.8. The molecule has 2 aromatic rings. The molecule has 2 aliphatic heterocycles. The first kappa shape index (κ1) is 15.3. The molecular formula is C16H16Cl2N3OS+. The molecule has 0 saturated heterocycles. The SMILES string of the molecule is C[NH+]1CCc2c(sc3c2C(=O)N[C@H](c2ccc(Cl)c(Cl)c2)N3)C1. The normalized spacial score (nSPS) is 22.8. The molecule has 1 unspecified atom stereocenters. The van der Waals surface area contributed by atoms with Crippen LogP contribution in [0.5, 0.6) is 0 Å². The molecule has 1 aromatic heterocycles. The fourth-order valence-corrected chi connectivity index (χ4v) is 4.88. The van der Waals surface area contributed by atoms with Crippen molar-refractivity contribution in [3.05, 3.63) is 49.8 Å². The van der Waals surface area contributed by atoms with Gasteiger partial charge in [-0.3, -0.25) is 4.79 Å². The van der Waals surface area contributed by atoms with Gasteiger partial charge in [0, 0.05) is 6.42 Å². The molecule has 0 saturated carbocycles. The minimum Gasteiger partial charge on any atom is -0.353 e.